The molecule has 0 aromatic rings. The van der Waals surface area contributed by atoms with E-state index in [-0.39, 0.29) is 0 Å². The van der Waals surface area contributed by atoms with Crippen molar-refractivity contribution in [2.24, 2.45) is 5.92 Å². The van der Waals surface area contributed by atoms with Crippen LogP contribution in [-0.4, -0.2) is 36.1 Å². The Morgan fingerprint density at radius 3 is 2.67 bits per heavy atom. The summed E-state index contributed by atoms with van der Waals surface area (Å²) in [4.78, 5) is 2.82. The van der Waals surface area contributed by atoms with Crippen LogP contribution in [0.4, 0.5) is 0 Å². The van der Waals surface area contributed by atoms with Crippen LogP contribution in [0, 0.1) is 5.92 Å². The van der Waals surface area contributed by atoms with Crippen molar-refractivity contribution in [1.82, 2.24) is 10.2 Å². The molecule has 0 aromatic heterocycles. The van der Waals surface area contributed by atoms with Crippen molar-refractivity contribution in [3.8, 4) is 0 Å². The van der Waals surface area contributed by atoms with E-state index in [0.29, 0.717) is 0 Å². The number of hydrogen-bond donors (Lipinski definition) is 1. The first-order chi connectivity index (χ1) is 7.24. The molecule has 15 heavy (non-hydrogen) atoms. The highest BCUT2D eigenvalue weighted by molar-refractivity contribution is 4.93. The minimum absolute atomic E-state index is 0.793. The summed E-state index contributed by atoms with van der Waals surface area (Å²) in [6, 6.07) is 2.45. The molecule has 0 bridgehead atoms. The number of nitrogens with one attached hydrogen (secondary N) is 1. The third-order valence-electron chi connectivity index (χ3n) is 4.49. The fraction of sp³-hybridized carbons (Fsp3) is 1.00. The smallest absolute Gasteiger partial charge is 0.0252 e. The molecule has 2 heterocycles. The highest BCUT2D eigenvalue weighted by atomic mass is 15.3. The second-order valence-corrected chi connectivity index (χ2v) is 5.47. The van der Waals surface area contributed by atoms with Gasteiger partial charge in [-0.25, -0.2) is 0 Å². The third kappa shape index (κ3) is 2.21. The second kappa shape index (κ2) is 4.84. The third-order valence-corrected chi connectivity index (χ3v) is 4.49. The lowest BCUT2D eigenvalue weighted by atomic mass is 9.92. The van der Waals surface area contributed by atoms with Gasteiger partial charge in [-0.1, -0.05) is 13.8 Å². The van der Waals surface area contributed by atoms with E-state index in [2.05, 4.69) is 31.0 Å². The molecule has 2 aliphatic rings. The van der Waals surface area contributed by atoms with Crippen molar-refractivity contribution in [2.75, 3.05) is 13.1 Å². The van der Waals surface area contributed by atoms with Crippen LogP contribution in [0.3, 0.4) is 0 Å². The Hall–Kier alpha value is -0.0800. The lowest BCUT2D eigenvalue weighted by Crippen LogP contribution is -2.54. The Kier molecular flexibility index (Phi) is 3.68. The predicted octanol–water partition coefficient (Wildman–Crippen LogP) is 2.25. The Morgan fingerprint density at radius 1 is 1.20 bits per heavy atom. The number of rotatable bonds is 2. The van der Waals surface area contributed by atoms with Gasteiger partial charge in [0.25, 0.3) is 0 Å². The van der Waals surface area contributed by atoms with E-state index in [9.17, 15) is 0 Å². The Labute approximate surface area is 94.4 Å². The standard InChI is InChI=1S/C13H26N2/c1-4-12-6-5-11(3)15(12)13-9-14-8-7-10(13)2/h10-14H,4-9H2,1-3H3. The van der Waals surface area contributed by atoms with E-state index < -0.39 is 0 Å². The van der Waals surface area contributed by atoms with Gasteiger partial charge in [-0.3, -0.25) is 4.90 Å². The zero-order valence-electron chi connectivity index (χ0n) is 10.5. The van der Waals surface area contributed by atoms with Gasteiger partial charge in [0.15, 0.2) is 0 Å². The summed E-state index contributed by atoms with van der Waals surface area (Å²) >= 11 is 0. The maximum atomic E-state index is 3.57. The largest absolute Gasteiger partial charge is 0.315 e. The zero-order valence-corrected chi connectivity index (χ0v) is 10.5. The van der Waals surface area contributed by atoms with Crippen LogP contribution in [0.25, 0.3) is 0 Å². The Morgan fingerprint density at radius 2 is 2.00 bits per heavy atom. The fourth-order valence-electron chi connectivity index (χ4n) is 3.48. The van der Waals surface area contributed by atoms with E-state index in [4.69, 9.17) is 0 Å². The summed E-state index contributed by atoms with van der Waals surface area (Å²) in [6.45, 7) is 9.62. The first-order valence-corrected chi connectivity index (χ1v) is 6.72. The lowest BCUT2D eigenvalue weighted by Gasteiger charge is -2.42. The molecule has 2 saturated heterocycles. The minimum Gasteiger partial charge on any atom is -0.315 e. The van der Waals surface area contributed by atoms with Crippen LogP contribution in [-0.2, 0) is 0 Å². The van der Waals surface area contributed by atoms with Gasteiger partial charge < -0.3 is 5.32 Å². The zero-order chi connectivity index (χ0) is 10.8. The van der Waals surface area contributed by atoms with Gasteiger partial charge in [-0.2, -0.15) is 0 Å². The Bertz CT molecular complexity index is 205. The summed E-state index contributed by atoms with van der Waals surface area (Å²) in [7, 11) is 0. The molecule has 1 N–H and O–H groups in total. The molecule has 2 nitrogen and oxygen atoms in total. The highest BCUT2D eigenvalue weighted by Crippen LogP contribution is 2.32. The molecule has 0 aromatic carbocycles. The van der Waals surface area contributed by atoms with Crippen LogP contribution >= 0.6 is 0 Å². The average molecular weight is 210 g/mol. The predicted molar refractivity (Wildman–Crippen MR) is 65.1 cm³/mol. The summed E-state index contributed by atoms with van der Waals surface area (Å²) < 4.78 is 0. The molecule has 0 aliphatic carbocycles. The van der Waals surface area contributed by atoms with Crippen molar-refractivity contribution in [2.45, 2.75) is 64.6 Å². The molecule has 0 spiro atoms. The van der Waals surface area contributed by atoms with E-state index in [0.717, 1.165) is 24.0 Å². The maximum absolute atomic E-state index is 3.57. The number of piperidine rings is 1. The topological polar surface area (TPSA) is 15.3 Å². The first kappa shape index (κ1) is 11.4. The molecular formula is C13H26N2. The van der Waals surface area contributed by atoms with Crippen molar-refractivity contribution in [3.05, 3.63) is 0 Å². The molecule has 2 fully saturated rings. The summed E-state index contributed by atoms with van der Waals surface area (Å²) in [5.41, 5.74) is 0. The molecule has 0 saturated carbocycles. The van der Waals surface area contributed by atoms with Crippen LogP contribution in [0.15, 0.2) is 0 Å². The summed E-state index contributed by atoms with van der Waals surface area (Å²) in [5.74, 6) is 0.876. The molecule has 2 aliphatic heterocycles. The quantitative estimate of drug-likeness (QED) is 0.752. The van der Waals surface area contributed by atoms with Crippen LogP contribution in [0.5, 0.6) is 0 Å². The number of likely N-dealkylation sites (tertiary alicyclic amines) is 1. The van der Waals surface area contributed by atoms with Gasteiger partial charge in [-0.15, -0.1) is 0 Å². The van der Waals surface area contributed by atoms with Gasteiger partial charge in [-0.05, 0) is 45.1 Å². The van der Waals surface area contributed by atoms with Crippen molar-refractivity contribution in [3.63, 3.8) is 0 Å². The van der Waals surface area contributed by atoms with Crippen LogP contribution in [0.1, 0.15) is 46.5 Å². The van der Waals surface area contributed by atoms with Gasteiger partial charge in [0.1, 0.15) is 0 Å². The fourth-order valence-corrected chi connectivity index (χ4v) is 3.48. The van der Waals surface area contributed by atoms with E-state index in [1.54, 1.807) is 0 Å². The van der Waals surface area contributed by atoms with E-state index in [1.165, 1.54) is 38.8 Å². The van der Waals surface area contributed by atoms with Gasteiger partial charge in [0.05, 0.1) is 0 Å². The molecule has 2 rings (SSSR count). The molecule has 0 amide bonds. The van der Waals surface area contributed by atoms with E-state index >= 15 is 0 Å². The minimum atomic E-state index is 0.793. The number of hydrogen-bond acceptors (Lipinski definition) is 2. The van der Waals surface area contributed by atoms with E-state index in [1.807, 2.05) is 0 Å². The SMILES string of the molecule is CCC1CCC(C)N1C1CNCCC1C. The summed E-state index contributed by atoms with van der Waals surface area (Å²) in [5, 5.41) is 3.57. The van der Waals surface area contributed by atoms with Gasteiger partial charge in [0, 0.05) is 24.7 Å². The van der Waals surface area contributed by atoms with Crippen molar-refractivity contribution < 1.29 is 0 Å². The highest BCUT2D eigenvalue weighted by Gasteiger charge is 2.37. The van der Waals surface area contributed by atoms with Crippen LogP contribution in [0.2, 0.25) is 0 Å². The molecule has 4 atom stereocenters. The van der Waals surface area contributed by atoms with Gasteiger partial charge in [0.2, 0.25) is 0 Å². The van der Waals surface area contributed by atoms with Crippen molar-refractivity contribution in [1.29, 1.82) is 0 Å². The molecule has 0 radical (unpaired) electrons. The molecule has 2 heteroatoms. The second-order valence-electron chi connectivity index (χ2n) is 5.47. The molecule has 88 valence electrons. The average Bonchev–Trinajstić information content (AvgIpc) is 2.60. The normalized spacial score (nSPS) is 43.4. The van der Waals surface area contributed by atoms with Crippen molar-refractivity contribution >= 4 is 0 Å². The number of nitrogens with zero attached hydrogens (tertiary/aromatic N) is 1. The Balaban J connectivity index is 2.05. The van der Waals surface area contributed by atoms with Gasteiger partial charge >= 0.3 is 0 Å². The first-order valence-electron chi connectivity index (χ1n) is 6.72. The maximum Gasteiger partial charge on any atom is 0.0252 e. The molecule has 4 unspecified atom stereocenters. The summed E-state index contributed by atoms with van der Waals surface area (Å²) in [6.07, 6.45) is 5.50. The monoisotopic (exact) mass is 210 g/mol. The van der Waals surface area contributed by atoms with Crippen LogP contribution < -0.4 is 5.32 Å². The molecular weight excluding hydrogens is 184 g/mol. The lowest BCUT2D eigenvalue weighted by molar-refractivity contribution is 0.0772.